The van der Waals surface area contributed by atoms with Gasteiger partial charge in [0.25, 0.3) is 11.8 Å². The number of carbonyl (C=O) groups excluding carboxylic acids is 2. The molecule has 0 aliphatic rings. The Morgan fingerprint density at radius 2 is 1.80 bits per heavy atom. The molecular formula is C22H25Cl2N3O3. The van der Waals surface area contributed by atoms with Crippen molar-refractivity contribution in [3.63, 3.8) is 0 Å². The van der Waals surface area contributed by atoms with Crippen LogP contribution in [0.15, 0.2) is 47.6 Å². The van der Waals surface area contributed by atoms with E-state index in [1.165, 1.54) is 18.3 Å². The van der Waals surface area contributed by atoms with Crippen molar-refractivity contribution in [2.75, 3.05) is 0 Å². The van der Waals surface area contributed by atoms with Gasteiger partial charge in [0.15, 0.2) is 0 Å². The Balaban J connectivity index is 2.03. The summed E-state index contributed by atoms with van der Waals surface area (Å²) in [6, 6.07) is 11.1. The molecule has 0 saturated heterocycles. The molecule has 6 nitrogen and oxygen atoms in total. The average molecular weight is 450 g/mol. The van der Waals surface area contributed by atoms with Crippen molar-refractivity contribution in [3.8, 4) is 5.75 Å². The van der Waals surface area contributed by atoms with E-state index in [0.29, 0.717) is 10.8 Å². The van der Waals surface area contributed by atoms with Crippen molar-refractivity contribution < 1.29 is 14.3 Å². The van der Waals surface area contributed by atoms with E-state index in [-0.39, 0.29) is 22.6 Å². The SMILES string of the molecule is CC(C)Oc1cccc(C=NNC(=O)C(NC(=O)c2ccc(Cl)cc2Cl)C(C)C)c1. The highest BCUT2D eigenvalue weighted by Crippen LogP contribution is 2.21. The van der Waals surface area contributed by atoms with Gasteiger partial charge in [-0.3, -0.25) is 9.59 Å². The lowest BCUT2D eigenvalue weighted by Gasteiger charge is -2.20. The minimum atomic E-state index is -0.794. The molecule has 0 saturated carbocycles. The highest BCUT2D eigenvalue weighted by molar-refractivity contribution is 6.36. The second kappa shape index (κ2) is 11.0. The van der Waals surface area contributed by atoms with Crippen LogP contribution in [0.4, 0.5) is 0 Å². The third-order valence-corrected chi connectivity index (χ3v) is 4.58. The number of amides is 2. The second-order valence-corrected chi connectivity index (χ2v) is 8.14. The Labute approximate surface area is 186 Å². The molecule has 160 valence electrons. The van der Waals surface area contributed by atoms with Gasteiger partial charge in [-0.1, -0.05) is 49.2 Å². The largest absolute Gasteiger partial charge is 0.491 e. The van der Waals surface area contributed by atoms with Crippen LogP contribution in [0, 0.1) is 5.92 Å². The number of benzene rings is 2. The first kappa shape index (κ1) is 23.7. The molecule has 0 heterocycles. The van der Waals surface area contributed by atoms with Crippen LogP contribution < -0.4 is 15.5 Å². The average Bonchev–Trinajstić information content (AvgIpc) is 2.65. The Bertz CT molecular complexity index is 930. The molecule has 0 aliphatic heterocycles. The van der Waals surface area contributed by atoms with E-state index in [2.05, 4.69) is 15.8 Å². The number of nitrogens with one attached hydrogen (secondary N) is 2. The van der Waals surface area contributed by atoms with Crippen LogP contribution in [-0.2, 0) is 4.79 Å². The summed E-state index contributed by atoms with van der Waals surface area (Å²) in [5.74, 6) is -0.354. The first-order valence-corrected chi connectivity index (χ1v) is 10.3. The molecule has 0 radical (unpaired) electrons. The number of hydrazone groups is 1. The lowest BCUT2D eigenvalue weighted by molar-refractivity contribution is -0.123. The van der Waals surface area contributed by atoms with Crippen LogP contribution in [0.1, 0.15) is 43.6 Å². The van der Waals surface area contributed by atoms with Gasteiger partial charge in [0.05, 0.1) is 22.9 Å². The maximum atomic E-state index is 12.6. The lowest BCUT2D eigenvalue weighted by Crippen LogP contribution is -2.48. The zero-order chi connectivity index (χ0) is 22.3. The molecule has 8 heteroatoms. The van der Waals surface area contributed by atoms with E-state index >= 15 is 0 Å². The summed E-state index contributed by atoms with van der Waals surface area (Å²) >= 11 is 11.9. The quantitative estimate of drug-likeness (QED) is 0.453. The smallest absolute Gasteiger partial charge is 0.262 e. The molecule has 0 spiro atoms. The van der Waals surface area contributed by atoms with Gasteiger partial charge >= 0.3 is 0 Å². The molecule has 2 aromatic carbocycles. The van der Waals surface area contributed by atoms with Crippen LogP contribution in [0.2, 0.25) is 10.0 Å². The summed E-state index contributed by atoms with van der Waals surface area (Å²) < 4.78 is 5.64. The van der Waals surface area contributed by atoms with Crippen molar-refractivity contribution in [1.29, 1.82) is 0 Å². The number of hydrogen-bond donors (Lipinski definition) is 2. The van der Waals surface area contributed by atoms with Gasteiger partial charge in [0.2, 0.25) is 0 Å². The molecule has 0 aliphatic carbocycles. The van der Waals surface area contributed by atoms with E-state index in [1.54, 1.807) is 6.07 Å². The standard InChI is InChI=1S/C22H25Cl2N3O3/c1-13(2)20(26-21(28)18-9-8-16(23)11-19(18)24)22(29)27-25-12-15-6-5-7-17(10-15)30-14(3)4/h5-14,20H,1-4H3,(H,26,28)(H,27,29). The van der Waals surface area contributed by atoms with Crippen LogP contribution >= 0.6 is 23.2 Å². The predicted molar refractivity (Wildman–Crippen MR) is 120 cm³/mol. The van der Waals surface area contributed by atoms with Gasteiger partial charge in [0, 0.05) is 5.02 Å². The van der Waals surface area contributed by atoms with Gasteiger partial charge < -0.3 is 10.1 Å². The molecule has 0 aromatic heterocycles. The summed E-state index contributed by atoms with van der Waals surface area (Å²) in [6.07, 6.45) is 1.57. The zero-order valence-corrected chi connectivity index (χ0v) is 18.8. The van der Waals surface area contributed by atoms with Crippen LogP contribution in [0.5, 0.6) is 5.75 Å². The first-order valence-electron chi connectivity index (χ1n) is 9.53. The van der Waals surface area contributed by atoms with Gasteiger partial charge in [-0.2, -0.15) is 5.10 Å². The second-order valence-electron chi connectivity index (χ2n) is 7.29. The van der Waals surface area contributed by atoms with Gasteiger partial charge in [-0.25, -0.2) is 5.43 Å². The maximum absolute atomic E-state index is 12.6. The Hall–Kier alpha value is -2.57. The van der Waals surface area contributed by atoms with E-state index in [1.807, 2.05) is 52.0 Å². The summed E-state index contributed by atoms with van der Waals surface area (Å²) in [7, 11) is 0. The van der Waals surface area contributed by atoms with Crippen LogP contribution in [-0.4, -0.2) is 30.2 Å². The van der Waals surface area contributed by atoms with E-state index in [4.69, 9.17) is 27.9 Å². The number of carbonyl (C=O) groups is 2. The van der Waals surface area contributed by atoms with Crippen molar-refractivity contribution in [3.05, 3.63) is 63.6 Å². The lowest BCUT2D eigenvalue weighted by atomic mass is 10.0. The topological polar surface area (TPSA) is 79.8 Å². The molecule has 2 N–H and O–H groups in total. The van der Waals surface area contributed by atoms with Gasteiger partial charge in [-0.05, 0) is 55.7 Å². The molecule has 2 amide bonds. The fourth-order valence-corrected chi connectivity index (χ4v) is 3.10. The first-order chi connectivity index (χ1) is 14.2. The molecule has 2 aromatic rings. The number of hydrogen-bond acceptors (Lipinski definition) is 4. The van der Waals surface area contributed by atoms with Gasteiger partial charge in [0.1, 0.15) is 11.8 Å². The molecule has 30 heavy (non-hydrogen) atoms. The maximum Gasteiger partial charge on any atom is 0.262 e. The fraction of sp³-hybridized carbons (Fsp3) is 0.318. The predicted octanol–water partition coefficient (Wildman–Crippen LogP) is 4.69. The Morgan fingerprint density at radius 3 is 2.43 bits per heavy atom. The van der Waals surface area contributed by atoms with Crippen molar-refractivity contribution in [1.82, 2.24) is 10.7 Å². The van der Waals surface area contributed by atoms with E-state index in [9.17, 15) is 9.59 Å². The van der Waals surface area contributed by atoms with Crippen LogP contribution in [0.25, 0.3) is 0 Å². The molecule has 2 rings (SSSR count). The van der Waals surface area contributed by atoms with E-state index in [0.717, 1.165) is 5.56 Å². The van der Waals surface area contributed by atoms with Crippen molar-refractivity contribution in [2.45, 2.75) is 39.8 Å². The molecule has 0 fully saturated rings. The molecule has 1 atom stereocenters. The highest BCUT2D eigenvalue weighted by Gasteiger charge is 2.25. The Kier molecular flexibility index (Phi) is 8.69. The summed E-state index contributed by atoms with van der Waals surface area (Å²) in [5.41, 5.74) is 3.48. The number of nitrogens with zero attached hydrogens (tertiary/aromatic N) is 1. The third-order valence-electron chi connectivity index (χ3n) is 4.03. The number of halogens is 2. The van der Waals surface area contributed by atoms with Crippen molar-refractivity contribution >= 4 is 41.2 Å². The Morgan fingerprint density at radius 1 is 1.07 bits per heavy atom. The minimum Gasteiger partial charge on any atom is -0.491 e. The number of ether oxygens (including phenoxy) is 1. The fourth-order valence-electron chi connectivity index (χ4n) is 2.61. The monoisotopic (exact) mass is 449 g/mol. The third kappa shape index (κ3) is 7.04. The molecule has 0 bridgehead atoms. The van der Waals surface area contributed by atoms with E-state index < -0.39 is 17.9 Å². The van der Waals surface area contributed by atoms with Crippen LogP contribution in [0.3, 0.4) is 0 Å². The zero-order valence-electron chi connectivity index (χ0n) is 17.3. The number of rotatable bonds is 8. The summed E-state index contributed by atoms with van der Waals surface area (Å²) in [5, 5.41) is 7.33. The highest BCUT2D eigenvalue weighted by atomic mass is 35.5. The summed E-state index contributed by atoms with van der Waals surface area (Å²) in [6.45, 7) is 7.53. The van der Waals surface area contributed by atoms with Gasteiger partial charge in [-0.15, -0.1) is 0 Å². The molecule has 1 unspecified atom stereocenters. The minimum absolute atomic E-state index is 0.0569. The van der Waals surface area contributed by atoms with Crippen molar-refractivity contribution in [2.24, 2.45) is 11.0 Å². The summed E-state index contributed by atoms with van der Waals surface area (Å²) in [4.78, 5) is 25.1. The molecular weight excluding hydrogens is 425 g/mol. The normalized spacial score (nSPS) is 12.3.